The highest BCUT2D eigenvalue weighted by molar-refractivity contribution is 7.89. The summed E-state index contributed by atoms with van der Waals surface area (Å²) in [6.45, 7) is 2.52. The van der Waals surface area contributed by atoms with Gasteiger partial charge < -0.3 is 0 Å². The maximum absolute atomic E-state index is 13.3. The van der Waals surface area contributed by atoms with Gasteiger partial charge >= 0.3 is 0 Å². The summed E-state index contributed by atoms with van der Waals surface area (Å²) in [7, 11) is -3.58. The van der Waals surface area contributed by atoms with Crippen LogP contribution >= 0.6 is 11.3 Å². The van der Waals surface area contributed by atoms with E-state index in [1.165, 1.54) is 0 Å². The van der Waals surface area contributed by atoms with Crippen LogP contribution in [-0.2, 0) is 10.0 Å². The van der Waals surface area contributed by atoms with Gasteiger partial charge in [-0.2, -0.15) is 4.31 Å². The van der Waals surface area contributed by atoms with E-state index in [2.05, 4.69) is 4.98 Å². The number of pyridine rings is 1. The van der Waals surface area contributed by atoms with Crippen LogP contribution in [0.15, 0.2) is 52.9 Å². The van der Waals surface area contributed by atoms with Crippen molar-refractivity contribution in [3.63, 3.8) is 0 Å². The third-order valence-corrected chi connectivity index (χ3v) is 7.39. The molecule has 2 aromatic heterocycles. The largest absolute Gasteiger partial charge is 0.255 e. The van der Waals surface area contributed by atoms with Crippen molar-refractivity contribution < 1.29 is 8.42 Å². The Balaban J connectivity index is 1.83. The lowest BCUT2D eigenvalue weighted by Gasteiger charge is -2.23. The summed E-state index contributed by atoms with van der Waals surface area (Å²) in [6, 6.07) is 11.3. The van der Waals surface area contributed by atoms with Gasteiger partial charge in [-0.1, -0.05) is 18.2 Å². The maximum atomic E-state index is 13.3. The Hall–Kier alpha value is -1.76. The normalized spacial score (nSPS) is 19.1. The molecule has 0 amide bonds. The van der Waals surface area contributed by atoms with E-state index in [0.29, 0.717) is 17.0 Å². The number of aromatic nitrogens is 1. The summed E-state index contributed by atoms with van der Waals surface area (Å²) in [5.74, 6) is 0. The summed E-state index contributed by atoms with van der Waals surface area (Å²) in [6.07, 6.45) is 3.48. The molecular weight excluding hydrogens is 340 g/mol. The third kappa shape index (κ3) is 2.55. The molecule has 4 rings (SSSR count). The monoisotopic (exact) mass is 358 g/mol. The van der Waals surface area contributed by atoms with Crippen LogP contribution in [0, 0.1) is 6.92 Å². The number of fused-ring (bicyclic) bond motifs is 1. The molecule has 1 aliphatic heterocycles. The van der Waals surface area contributed by atoms with Gasteiger partial charge in [0, 0.05) is 23.0 Å². The molecule has 0 aliphatic carbocycles. The number of benzene rings is 1. The smallest absolute Gasteiger partial charge is 0.245 e. The average molecular weight is 358 g/mol. The van der Waals surface area contributed by atoms with Gasteiger partial charge in [-0.15, -0.1) is 11.3 Å². The summed E-state index contributed by atoms with van der Waals surface area (Å²) < 4.78 is 28.3. The van der Waals surface area contributed by atoms with Crippen molar-refractivity contribution >= 4 is 32.3 Å². The Kier molecular flexibility index (Phi) is 3.90. The summed E-state index contributed by atoms with van der Waals surface area (Å²) >= 11 is 1.62. The lowest BCUT2D eigenvalue weighted by atomic mass is 10.2. The van der Waals surface area contributed by atoms with Crippen molar-refractivity contribution in [1.29, 1.82) is 0 Å². The molecule has 1 saturated heterocycles. The standard InChI is InChI=1S/C18H18N2O2S2/c1-13-11-14-5-2-8-17(18(14)19-12-13)24(21,22)20-9-3-6-15(20)16-7-4-10-23-16/h2,4-5,7-8,10-12,15H,3,6,9H2,1H3/t15-/m1/s1. The molecule has 3 heterocycles. The first kappa shape index (κ1) is 15.7. The van der Waals surface area contributed by atoms with Crippen LogP contribution < -0.4 is 0 Å². The van der Waals surface area contributed by atoms with Gasteiger partial charge in [0.15, 0.2) is 0 Å². The minimum atomic E-state index is -3.58. The molecule has 124 valence electrons. The molecular formula is C18H18N2O2S2. The first-order chi connectivity index (χ1) is 11.6. The van der Waals surface area contributed by atoms with Gasteiger partial charge in [-0.25, -0.2) is 8.42 Å². The van der Waals surface area contributed by atoms with Crippen molar-refractivity contribution in [2.24, 2.45) is 0 Å². The fraction of sp³-hybridized carbons (Fsp3) is 0.278. The van der Waals surface area contributed by atoms with E-state index in [-0.39, 0.29) is 6.04 Å². The van der Waals surface area contributed by atoms with Crippen LogP contribution in [0.25, 0.3) is 10.9 Å². The predicted molar refractivity (Wildman–Crippen MR) is 96.7 cm³/mol. The van der Waals surface area contributed by atoms with Gasteiger partial charge in [-0.3, -0.25) is 4.98 Å². The Bertz CT molecular complexity index is 981. The van der Waals surface area contributed by atoms with Crippen molar-refractivity contribution in [2.75, 3.05) is 6.54 Å². The lowest BCUT2D eigenvalue weighted by Crippen LogP contribution is -2.30. The molecule has 6 heteroatoms. The number of hydrogen-bond acceptors (Lipinski definition) is 4. The molecule has 0 radical (unpaired) electrons. The zero-order valence-corrected chi connectivity index (χ0v) is 15.0. The number of thiophene rings is 1. The summed E-state index contributed by atoms with van der Waals surface area (Å²) in [5, 5.41) is 2.86. The van der Waals surface area contributed by atoms with Crippen molar-refractivity contribution in [3.8, 4) is 0 Å². The molecule has 24 heavy (non-hydrogen) atoms. The highest BCUT2D eigenvalue weighted by Crippen LogP contribution is 2.39. The van der Waals surface area contributed by atoms with E-state index >= 15 is 0 Å². The van der Waals surface area contributed by atoms with Crippen LogP contribution in [0.5, 0.6) is 0 Å². The fourth-order valence-electron chi connectivity index (χ4n) is 3.37. The number of hydrogen-bond donors (Lipinski definition) is 0. The number of nitrogens with zero attached hydrogens (tertiary/aromatic N) is 2. The predicted octanol–water partition coefficient (Wildman–Crippen LogP) is 4.13. The van der Waals surface area contributed by atoms with Gasteiger partial charge in [0.1, 0.15) is 4.90 Å². The molecule has 3 aromatic rings. The lowest BCUT2D eigenvalue weighted by molar-refractivity contribution is 0.401. The number of aryl methyl sites for hydroxylation is 1. The Morgan fingerprint density at radius 1 is 1.25 bits per heavy atom. The topological polar surface area (TPSA) is 50.3 Å². The van der Waals surface area contributed by atoms with Crippen molar-refractivity contribution in [2.45, 2.75) is 30.7 Å². The Morgan fingerprint density at radius 2 is 2.12 bits per heavy atom. The number of rotatable bonds is 3. The summed E-state index contributed by atoms with van der Waals surface area (Å²) in [4.78, 5) is 5.82. The van der Waals surface area contributed by atoms with Crippen LogP contribution in [0.1, 0.15) is 29.3 Å². The van der Waals surface area contributed by atoms with E-state index in [4.69, 9.17) is 0 Å². The fourth-order valence-corrected chi connectivity index (χ4v) is 6.15. The second-order valence-electron chi connectivity index (χ2n) is 6.13. The molecule has 1 atom stereocenters. The number of sulfonamides is 1. The van der Waals surface area contributed by atoms with E-state index < -0.39 is 10.0 Å². The molecule has 0 N–H and O–H groups in total. The summed E-state index contributed by atoms with van der Waals surface area (Å²) in [5.41, 5.74) is 1.58. The van der Waals surface area contributed by atoms with E-state index in [1.807, 2.05) is 36.6 Å². The SMILES string of the molecule is Cc1cnc2c(S(=O)(=O)N3CCC[C@@H]3c3cccs3)cccc2c1. The molecule has 1 aliphatic rings. The molecule has 0 bridgehead atoms. The first-order valence-corrected chi connectivity index (χ1v) is 10.3. The first-order valence-electron chi connectivity index (χ1n) is 7.98. The molecule has 0 spiro atoms. The van der Waals surface area contributed by atoms with Crippen LogP contribution in [0.4, 0.5) is 0 Å². The van der Waals surface area contributed by atoms with Crippen LogP contribution in [-0.4, -0.2) is 24.3 Å². The minimum Gasteiger partial charge on any atom is -0.255 e. The molecule has 0 unspecified atom stereocenters. The van der Waals surface area contributed by atoms with Gasteiger partial charge in [0.05, 0.1) is 11.6 Å². The van der Waals surface area contributed by atoms with E-state index in [1.54, 1.807) is 34.0 Å². The molecule has 0 saturated carbocycles. The Morgan fingerprint density at radius 3 is 2.92 bits per heavy atom. The quantitative estimate of drug-likeness (QED) is 0.707. The van der Waals surface area contributed by atoms with Crippen LogP contribution in [0.3, 0.4) is 0 Å². The minimum absolute atomic E-state index is 0.0595. The average Bonchev–Trinajstić information content (AvgIpc) is 3.24. The zero-order chi connectivity index (χ0) is 16.7. The maximum Gasteiger partial charge on any atom is 0.245 e. The Labute approximate surface area is 145 Å². The second kappa shape index (κ2) is 5.95. The second-order valence-corrected chi connectivity index (χ2v) is 8.97. The molecule has 1 aromatic carbocycles. The van der Waals surface area contributed by atoms with Crippen molar-refractivity contribution in [1.82, 2.24) is 9.29 Å². The highest BCUT2D eigenvalue weighted by Gasteiger charge is 2.37. The molecule has 1 fully saturated rings. The zero-order valence-electron chi connectivity index (χ0n) is 13.3. The number of para-hydroxylation sites is 1. The van der Waals surface area contributed by atoms with Gasteiger partial charge in [-0.05, 0) is 48.9 Å². The van der Waals surface area contributed by atoms with E-state index in [9.17, 15) is 8.42 Å². The van der Waals surface area contributed by atoms with Crippen molar-refractivity contribution in [3.05, 3.63) is 58.4 Å². The highest BCUT2D eigenvalue weighted by atomic mass is 32.2. The van der Waals surface area contributed by atoms with Crippen LogP contribution in [0.2, 0.25) is 0 Å². The molecule has 4 nitrogen and oxygen atoms in total. The third-order valence-electron chi connectivity index (χ3n) is 4.47. The van der Waals surface area contributed by atoms with Gasteiger partial charge in [0.2, 0.25) is 10.0 Å². The van der Waals surface area contributed by atoms with Gasteiger partial charge in [0.25, 0.3) is 0 Å². The van der Waals surface area contributed by atoms with E-state index in [0.717, 1.165) is 28.7 Å².